The van der Waals surface area contributed by atoms with E-state index in [0.29, 0.717) is 51.7 Å². The van der Waals surface area contributed by atoms with Crippen molar-refractivity contribution >= 4 is 34.2 Å². The van der Waals surface area contributed by atoms with Crippen LogP contribution in [0.3, 0.4) is 0 Å². The zero-order chi connectivity index (χ0) is 31.5. The van der Waals surface area contributed by atoms with Crippen LogP contribution in [0.2, 0.25) is 0 Å². The standard InChI is InChI=1S/C31H35ClF3N3O5/c1-4-21(19(2)32)16-38-17-25(24-7-6-22(36)15-26(24)38)30(41,31(33,34)35)18-37-11-9-23(10-12-37)43-27-8-5-20(14-29(39)40)13-28(27)42-3/h4-8,13,15,17,23,41H,1,9-12,14,16,18,36H2,2-3H3,(H,39,40)/b21-19-. The Bertz CT molecular complexity index is 1520. The molecule has 1 aliphatic heterocycles. The fraction of sp³-hybridized carbons (Fsp3) is 0.387. The van der Waals surface area contributed by atoms with Gasteiger partial charge in [-0.05, 0) is 55.2 Å². The number of aromatic nitrogens is 1. The zero-order valence-electron chi connectivity index (χ0n) is 24.0. The number of β-amino-alcohol motifs (C(OH)–C–C–N with tert-alkyl or cyclic N) is 1. The molecule has 3 aromatic rings. The van der Waals surface area contributed by atoms with E-state index in [4.69, 9.17) is 31.9 Å². The van der Waals surface area contributed by atoms with Crippen LogP contribution in [0.4, 0.5) is 18.9 Å². The minimum atomic E-state index is -4.98. The summed E-state index contributed by atoms with van der Waals surface area (Å²) in [6.45, 7) is 5.41. The number of rotatable bonds is 11. The summed E-state index contributed by atoms with van der Waals surface area (Å²) in [4.78, 5) is 12.6. The lowest BCUT2D eigenvalue weighted by molar-refractivity contribution is -0.272. The molecule has 0 amide bonds. The van der Waals surface area contributed by atoms with Crippen LogP contribution in [-0.4, -0.2) is 64.7 Å². The number of aliphatic hydroxyl groups is 1. The van der Waals surface area contributed by atoms with Gasteiger partial charge in [-0.2, -0.15) is 13.2 Å². The lowest BCUT2D eigenvalue weighted by atomic mass is 9.91. The van der Waals surface area contributed by atoms with Crippen molar-refractivity contribution in [2.24, 2.45) is 0 Å². The number of alkyl halides is 3. The van der Waals surface area contributed by atoms with Crippen molar-refractivity contribution in [2.75, 3.05) is 32.5 Å². The fourth-order valence-corrected chi connectivity index (χ4v) is 5.51. The number of carbonyl (C=O) groups is 1. The number of nitrogens with two attached hydrogens (primary N) is 1. The first kappa shape index (κ1) is 32.2. The average Bonchev–Trinajstić information content (AvgIpc) is 3.30. The number of methoxy groups -OCH3 is 1. The van der Waals surface area contributed by atoms with Gasteiger partial charge >= 0.3 is 12.1 Å². The van der Waals surface area contributed by atoms with Gasteiger partial charge in [0.1, 0.15) is 6.10 Å². The number of likely N-dealkylation sites (tertiary alicyclic amines) is 1. The van der Waals surface area contributed by atoms with Crippen molar-refractivity contribution in [3.8, 4) is 11.5 Å². The van der Waals surface area contributed by atoms with Crippen LogP contribution in [0.15, 0.2) is 65.9 Å². The van der Waals surface area contributed by atoms with Gasteiger partial charge in [0, 0.05) is 54.0 Å². The molecule has 43 heavy (non-hydrogen) atoms. The Balaban J connectivity index is 1.56. The van der Waals surface area contributed by atoms with Gasteiger partial charge in [0.25, 0.3) is 0 Å². The van der Waals surface area contributed by atoms with Gasteiger partial charge in [0.05, 0.1) is 19.0 Å². The Hall–Kier alpha value is -3.67. The minimum absolute atomic E-state index is 0.149. The number of aliphatic carboxylic acids is 1. The molecule has 8 nitrogen and oxygen atoms in total. The summed E-state index contributed by atoms with van der Waals surface area (Å²) >= 11 is 6.17. The number of carboxylic acids is 1. The molecule has 1 atom stereocenters. The van der Waals surface area contributed by atoms with E-state index in [9.17, 15) is 23.1 Å². The second-order valence-electron chi connectivity index (χ2n) is 10.7. The highest BCUT2D eigenvalue weighted by atomic mass is 35.5. The Morgan fingerprint density at radius 3 is 2.47 bits per heavy atom. The number of benzene rings is 2. The highest BCUT2D eigenvalue weighted by molar-refractivity contribution is 6.29. The number of nitrogen functional groups attached to an aromatic ring is 1. The maximum Gasteiger partial charge on any atom is 0.422 e. The molecule has 2 heterocycles. The van der Waals surface area contributed by atoms with Gasteiger partial charge in [0.2, 0.25) is 5.60 Å². The van der Waals surface area contributed by atoms with E-state index in [1.807, 2.05) is 0 Å². The molecule has 232 valence electrons. The first-order valence-electron chi connectivity index (χ1n) is 13.7. The molecular weight excluding hydrogens is 587 g/mol. The molecule has 0 saturated carbocycles. The van der Waals surface area contributed by atoms with Crippen LogP contribution in [0.5, 0.6) is 11.5 Å². The second-order valence-corrected chi connectivity index (χ2v) is 11.3. The maximum atomic E-state index is 14.7. The predicted octanol–water partition coefficient (Wildman–Crippen LogP) is 5.85. The summed E-state index contributed by atoms with van der Waals surface area (Å²) in [5, 5.41) is 21.2. The Labute approximate surface area is 252 Å². The van der Waals surface area contributed by atoms with Crippen LogP contribution in [0, 0.1) is 0 Å². The van der Waals surface area contributed by atoms with Gasteiger partial charge < -0.3 is 30.0 Å². The van der Waals surface area contributed by atoms with Crippen molar-refractivity contribution in [2.45, 2.75) is 50.6 Å². The molecule has 1 aromatic heterocycles. The molecule has 0 radical (unpaired) electrons. The van der Waals surface area contributed by atoms with Crippen LogP contribution < -0.4 is 15.2 Å². The number of halogens is 4. The quantitative estimate of drug-likeness (QED) is 0.182. The van der Waals surface area contributed by atoms with Crippen LogP contribution in [0.1, 0.15) is 30.9 Å². The normalized spacial score (nSPS) is 16.9. The first-order chi connectivity index (χ1) is 20.2. The molecule has 0 bridgehead atoms. The van der Waals surface area contributed by atoms with Crippen molar-refractivity contribution in [1.82, 2.24) is 9.47 Å². The topological polar surface area (TPSA) is 110 Å². The van der Waals surface area contributed by atoms with Crippen LogP contribution in [-0.2, 0) is 23.4 Å². The first-order valence-corrected chi connectivity index (χ1v) is 14.1. The number of ether oxygens (including phenoxy) is 2. The summed E-state index contributed by atoms with van der Waals surface area (Å²) < 4.78 is 57.3. The van der Waals surface area contributed by atoms with Gasteiger partial charge in [-0.25, -0.2) is 0 Å². The largest absolute Gasteiger partial charge is 0.493 e. The molecule has 1 unspecified atom stereocenters. The molecular formula is C31H35ClF3N3O5. The van der Waals surface area contributed by atoms with E-state index in [0.717, 1.165) is 0 Å². The van der Waals surface area contributed by atoms with Crippen molar-refractivity contribution in [3.63, 3.8) is 0 Å². The molecule has 0 spiro atoms. The monoisotopic (exact) mass is 621 g/mol. The Morgan fingerprint density at radius 1 is 1.19 bits per heavy atom. The van der Waals surface area contributed by atoms with E-state index in [-0.39, 0.29) is 43.1 Å². The Morgan fingerprint density at radius 2 is 1.88 bits per heavy atom. The summed E-state index contributed by atoms with van der Waals surface area (Å²) in [6, 6.07) is 9.44. The van der Waals surface area contributed by atoms with Crippen LogP contribution in [0.25, 0.3) is 10.9 Å². The predicted molar refractivity (Wildman–Crippen MR) is 159 cm³/mol. The van der Waals surface area contributed by atoms with Gasteiger partial charge in [-0.1, -0.05) is 36.4 Å². The summed E-state index contributed by atoms with van der Waals surface area (Å²) in [7, 11) is 1.45. The van der Waals surface area contributed by atoms with Crippen molar-refractivity contribution in [3.05, 3.63) is 77.0 Å². The van der Waals surface area contributed by atoms with Gasteiger partial charge in [-0.15, -0.1) is 0 Å². The van der Waals surface area contributed by atoms with E-state index in [1.165, 1.54) is 25.4 Å². The van der Waals surface area contributed by atoms with Crippen LogP contribution >= 0.6 is 11.6 Å². The number of nitrogens with zero attached hydrogens (tertiary/aromatic N) is 2. The third-order valence-corrected chi connectivity index (χ3v) is 7.96. The molecule has 4 rings (SSSR count). The number of piperidine rings is 1. The number of hydrogen-bond donors (Lipinski definition) is 3. The fourth-order valence-electron chi connectivity index (χ4n) is 5.38. The lowest BCUT2D eigenvalue weighted by Gasteiger charge is -2.39. The number of anilines is 1. The van der Waals surface area contributed by atoms with E-state index < -0.39 is 24.3 Å². The molecule has 4 N–H and O–H groups in total. The number of hydrogen-bond acceptors (Lipinski definition) is 6. The van der Waals surface area contributed by atoms with Crippen molar-refractivity contribution < 1.29 is 37.7 Å². The highest BCUT2D eigenvalue weighted by Crippen LogP contribution is 2.44. The van der Waals surface area contributed by atoms with Gasteiger partial charge in [0.15, 0.2) is 11.5 Å². The summed E-state index contributed by atoms with van der Waals surface area (Å²) in [5.74, 6) is -0.170. The number of fused-ring (bicyclic) bond motifs is 1. The highest BCUT2D eigenvalue weighted by Gasteiger charge is 2.57. The summed E-state index contributed by atoms with van der Waals surface area (Å²) in [5.41, 5.74) is 4.52. The molecule has 1 fully saturated rings. The molecule has 1 aliphatic rings. The van der Waals surface area contributed by atoms with E-state index in [2.05, 4.69) is 6.58 Å². The zero-order valence-corrected chi connectivity index (χ0v) is 24.7. The molecule has 1 saturated heterocycles. The lowest BCUT2D eigenvalue weighted by Crippen LogP contribution is -2.53. The average molecular weight is 622 g/mol. The maximum absolute atomic E-state index is 14.7. The molecule has 12 heteroatoms. The molecule has 2 aromatic carbocycles. The smallest absolute Gasteiger partial charge is 0.422 e. The van der Waals surface area contributed by atoms with Gasteiger partial charge in [-0.3, -0.25) is 9.69 Å². The minimum Gasteiger partial charge on any atom is -0.493 e. The third kappa shape index (κ3) is 7.11. The van der Waals surface area contributed by atoms with E-state index in [1.54, 1.807) is 46.7 Å². The number of allylic oxidation sites excluding steroid dienone is 3. The second kappa shape index (κ2) is 12.9. The molecule has 0 aliphatic carbocycles. The third-order valence-electron chi connectivity index (χ3n) is 7.71. The summed E-state index contributed by atoms with van der Waals surface area (Å²) in [6.07, 6.45) is -1.77. The SMILES string of the molecule is C=C/C(Cn1cc(C(O)(CN2CCC(Oc3ccc(CC(=O)O)cc3OC)CC2)C(F)(F)F)c2ccc(N)cc21)=C(\C)Cl. The Kier molecular flexibility index (Phi) is 9.68. The number of carboxylic acid groups (broad SMARTS) is 1. The van der Waals surface area contributed by atoms with Crippen molar-refractivity contribution in [1.29, 1.82) is 0 Å². The van der Waals surface area contributed by atoms with E-state index >= 15 is 0 Å².